The Hall–Kier alpha value is -2.08. The predicted molar refractivity (Wildman–Crippen MR) is 90.0 cm³/mol. The molecule has 1 heterocycles. The first kappa shape index (κ1) is 17.3. The number of nitrogens with two attached hydrogens (primary N) is 1. The summed E-state index contributed by atoms with van der Waals surface area (Å²) < 4.78 is 0. The second kappa shape index (κ2) is 9.15. The number of primary amides is 1. The Morgan fingerprint density at radius 1 is 1.26 bits per heavy atom. The average Bonchev–Trinajstić information content (AvgIpc) is 2.54. The molecule has 6 nitrogen and oxygen atoms in total. The van der Waals surface area contributed by atoms with Gasteiger partial charge in [0.2, 0.25) is 5.91 Å². The summed E-state index contributed by atoms with van der Waals surface area (Å²) >= 11 is 0. The van der Waals surface area contributed by atoms with E-state index in [4.69, 9.17) is 5.73 Å². The molecule has 1 saturated heterocycles. The molecule has 1 aromatic carbocycles. The van der Waals surface area contributed by atoms with Crippen molar-refractivity contribution in [3.05, 3.63) is 35.9 Å². The molecule has 3 amide bonds. The lowest BCUT2D eigenvalue weighted by atomic mass is 10.0. The molecule has 2 rings (SSSR count). The normalized spacial score (nSPS) is 18.3. The summed E-state index contributed by atoms with van der Waals surface area (Å²) in [5, 5.41) is 5.27. The minimum Gasteiger partial charge on any atom is -0.352 e. The number of aryl methyl sites for hydroxylation is 1. The Kier molecular flexibility index (Phi) is 6.87. The fraction of sp³-hybridized carbons (Fsp3) is 0.529. The number of nitrogens with one attached hydrogen (secondary N) is 2. The summed E-state index contributed by atoms with van der Waals surface area (Å²) in [6, 6.07) is 9.97. The van der Waals surface area contributed by atoms with Gasteiger partial charge < -0.3 is 21.3 Å². The first-order valence-electron chi connectivity index (χ1n) is 8.22. The SMILES string of the molecule is NC(=O)NCC(=O)N[C@H]1CCCN(CCCc2ccccc2)C1. The van der Waals surface area contributed by atoms with Crippen molar-refractivity contribution in [2.24, 2.45) is 5.73 Å². The quantitative estimate of drug-likeness (QED) is 0.697. The lowest BCUT2D eigenvalue weighted by molar-refractivity contribution is -0.121. The first-order valence-corrected chi connectivity index (χ1v) is 8.22. The van der Waals surface area contributed by atoms with Gasteiger partial charge in [0, 0.05) is 12.6 Å². The van der Waals surface area contributed by atoms with Crippen LogP contribution in [0.15, 0.2) is 30.3 Å². The summed E-state index contributed by atoms with van der Waals surface area (Å²) in [6.45, 7) is 2.94. The summed E-state index contributed by atoms with van der Waals surface area (Å²) in [5.41, 5.74) is 6.33. The van der Waals surface area contributed by atoms with Gasteiger partial charge in [-0.15, -0.1) is 0 Å². The molecule has 0 unspecified atom stereocenters. The van der Waals surface area contributed by atoms with E-state index < -0.39 is 6.03 Å². The maximum Gasteiger partial charge on any atom is 0.312 e. The van der Waals surface area contributed by atoms with Crippen LogP contribution in [0.4, 0.5) is 4.79 Å². The molecule has 0 bridgehead atoms. The Labute approximate surface area is 137 Å². The standard InChI is InChI=1S/C17H26N4O2/c18-17(23)19-12-16(22)20-15-9-5-11-21(13-15)10-4-8-14-6-2-1-3-7-14/h1-3,6-7,15H,4-5,8-13H2,(H,20,22)(H3,18,19,23)/t15-/m0/s1. The van der Waals surface area contributed by atoms with Gasteiger partial charge in [-0.25, -0.2) is 4.79 Å². The Morgan fingerprint density at radius 3 is 2.78 bits per heavy atom. The van der Waals surface area contributed by atoms with E-state index in [1.165, 1.54) is 5.56 Å². The van der Waals surface area contributed by atoms with Gasteiger partial charge in [0.1, 0.15) is 0 Å². The van der Waals surface area contributed by atoms with Gasteiger partial charge in [0.15, 0.2) is 0 Å². The van der Waals surface area contributed by atoms with Crippen molar-refractivity contribution in [2.75, 3.05) is 26.2 Å². The molecule has 6 heteroatoms. The van der Waals surface area contributed by atoms with E-state index >= 15 is 0 Å². The minimum absolute atomic E-state index is 0.0557. The molecule has 1 atom stereocenters. The number of nitrogens with zero attached hydrogens (tertiary/aromatic N) is 1. The number of urea groups is 1. The molecule has 0 aliphatic carbocycles. The van der Waals surface area contributed by atoms with Crippen LogP contribution >= 0.6 is 0 Å². The second-order valence-electron chi connectivity index (χ2n) is 6.01. The topological polar surface area (TPSA) is 87.5 Å². The molecule has 23 heavy (non-hydrogen) atoms. The summed E-state index contributed by atoms with van der Waals surface area (Å²) in [5.74, 6) is -0.181. The van der Waals surface area contributed by atoms with Gasteiger partial charge in [-0.2, -0.15) is 0 Å². The Bertz CT molecular complexity index is 507. The molecule has 1 aliphatic heterocycles. The zero-order valence-electron chi connectivity index (χ0n) is 13.5. The third-order valence-electron chi connectivity index (χ3n) is 4.08. The van der Waals surface area contributed by atoms with Crippen molar-refractivity contribution in [3.8, 4) is 0 Å². The zero-order valence-corrected chi connectivity index (χ0v) is 13.5. The van der Waals surface area contributed by atoms with E-state index in [-0.39, 0.29) is 18.5 Å². The van der Waals surface area contributed by atoms with Gasteiger partial charge >= 0.3 is 6.03 Å². The van der Waals surface area contributed by atoms with E-state index in [1.807, 2.05) is 6.07 Å². The van der Waals surface area contributed by atoms with Crippen molar-refractivity contribution in [1.82, 2.24) is 15.5 Å². The largest absolute Gasteiger partial charge is 0.352 e. The Balaban J connectivity index is 1.66. The number of carbonyl (C=O) groups is 2. The lowest BCUT2D eigenvalue weighted by Gasteiger charge is -2.33. The molecule has 1 fully saturated rings. The van der Waals surface area contributed by atoms with Crippen LogP contribution in [-0.4, -0.2) is 49.1 Å². The van der Waals surface area contributed by atoms with Crippen LogP contribution in [0.2, 0.25) is 0 Å². The van der Waals surface area contributed by atoms with Crippen LogP contribution in [0.3, 0.4) is 0 Å². The number of benzene rings is 1. The van der Waals surface area contributed by atoms with Crippen molar-refractivity contribution < 1.29 is 9.59 Å². The summed E-state index contributed by atoms with van der Waals surface area (Å²) in [7, 11) is 0. The molecular weight excluding hydrogens is 292 g/mol. The van der Waals surface area contributed by atoms with Crippen LogP contribution in [-0.2, 0) is 11.2 Å². The van der Waals surface area contributed by atoms with E-state index in [0.29, 0.717) is 0 Å². The summed E-state index contributed by atoms with van der Waals surface area (Å²) in [4.78, 5) is 24.7. The monoisotopic (exact) mass is 318 g/mol. The molecule has 4 N–H and O–H groups in total. The van der Waals surface area contributed by atoms with Crippen LogP contribution in [0.5, 0.6) is 0 Å². The molecule has 0 aromatic heterocycles. The van der Waals surface area contributed by atoms with E-state index in [0.717, 1.165) is 45.3 Å². The first-order chi connectivity index (χ1) is 11.1. The highest BCUT2D eigenvalue weighted by atomic mass is 16.2. The maximum absolute atomic E-state index is 11.7. The highest BCUT2D eigenvalue weighted by molar-refractivity contribution is 5.83. The predicted octanol–water partition coefficient (Wildman–Crippen LogP) is 0.868. The average molecular weight is 318 g/mol. The zero-order chi connectivity index (χ0) is 16.5. The van der Waals surface area contributed by atoms with Gasteiger partial charge in [0.05, 0.1) is 6.54 Å². The third kappa shape index (κ3) is 6.69. The number of piperidine rings is 1. The fourth-order valence-corrected chi connectivity index (χ4v) is 2.97. The van der Waals surface area contributed by atoms with Crippen LogP contribution in [0, 0.1) is 0 Å². The van der Waals surface area contributed by atoms with Crippen LogP contribution in [0.25, 0.3) is 0 Å². The fourth-order valence-electron chi connectivity index (χ4n) is 2.97. The highest BCUT2D eigenvalue weighted by Gasteiger charge is 2.20. The van der Waals surface area contributed by atoms with Gasteiger partial charge in [0.25, 0.3) is 0 Å². The van der Waals surface area contributed by atoms with Crippen LogP contribution in [0.1, 0.15) is 24.8 Å². The molecule has 0 spiro atoms. The third-order valence-corrected chi connectivity index (χ3v) is 4.08. The molecule has 0 radical (unpaired) electrons. The highest BCUT2D eigenvalue weighted by Crippen LogP contribution is 2.11. The van der Waals surface area contributed by atoms with Gasteiger partial charge in [-0.3, -0.25) is 4.79 Å². The summed E-state index contributed by atoms with van der Waals surface area (Å²) in [6.07, 6.45) is 4.27. The maximum atomic E-state index is 11.7. The lowest BCUT2D eigenvalue weighted by Crippen LogP contribution is -2.50. The van der Waals surface area contributed by atoms with Crippen molar-refractivity contribution in [3.63, 3.8) is 0 Å². The number of likely N-dealkylation sites (tertiary alicyclic amines) is 1. The van der Waals surface area contributed by atoms with Gasteiger partial charge in [-0.05, 0) is 44.3 Å². The number of carbonyl (C=O) groups excluding carboxylic acids is 2. The Morgan fingerprint density at radius 2 is 2.04 bits per heavy atom. The molecule has 1 aromatic rings. The molecular formula is C17H26N4O2. The molecule has 126 valence electrons. The van der Waals surface area contributed by atoms with Gasteiger partial charge in [-0.1, -0.05) is 30.3 Å². The van der Waals surface area contributed by atoms with E-state index in [9.17, 15) is 9.59 Å². The van der Waals surface area contributed by atoms with Crippen LogP contribution < -0.4 is 16.4 Å². The number of hydrogen-bond acceptors (Lipinski definition) is 3. The minimum atomic E-state index is -0.675. The number of amides is 3. The molecule has 0 saturated carbocycles. The van der Waals surface area contributed by atoms with Crippen molar-refractivity contribution in [1.29, 1.82) is 0 Å². The number of rotatable bonds is 7. The smallest absolute Gasteiger partial charge is 0.312 e. The number of hydrogen-bond donors (Lipinski definition) is 3. The second-order valence-corrected chi connectivity index (χ2v) is 6.01. The van der Waals surface area contributed by atoms with E-state index in [1.54, 1.807) is 0 Å². The van der Waals surface area contributed by atoms with E-state index in [2.05, 4.69) is 39.8 Å². The van der Waals surface area contributed by atoms with Crippen molar-refractivity contribution in [2.45, 2.75) is 31.7 Å². The molecule has 1 aliphatic rings. The van der Waals surface area contributed by atoms with Crippen molar-refractivity contribution >= 4 is 11.9 Å².